The Balaban J connectivity index is 1.29. The van der Waals surface area contributed by atoms with Crippen LogP contribution in [0.3, 0.4) is 0 Å². The zero-order valence-electron chi connectivity index (χ0n) is 27.2. The van der Waals surface area contributed by atoms with Crippen molar-refractivity contribution in [2.45, 2.75) is 12.8 Å². The molecule has 0 unspecified atom stereocenters. The van der Waals surface area contributed by atoms with Crippen LogP contribution in [0.25, 0.3) is 6.08 Å². The van der Waals surface area contributed by atoms with E-state index < -0.39 is 69.0 Å². The summed E-state index contributed by atoms with van der Waals surface area (Å²) < 4.78 is 10.6. The van der Waals surface area contributed by atoms with Crippen molar-refractivity contribution in [2.24, 2.45) is 35.5 Å². The molecule has 0 spiro atoms. The number of imide groups is 2. The second-order valence-electron chi connectivity index (χ2n) is 12.8. The molecular weight excluding hydrogens is 664 g/mol. The van der Waals surface area contributed by atoms with Crippen molar-refractivity contribution in [2.75, 3.05) is 24.0 Å². The summed E-state index contributed by atoms with van der Waals surface area (Å²) in [6.45, 7) is 0. The van der Waals surface area contributed by atoms with Crippen LogP contribution in [0.2, 0.25) is 0 Å². The van der Waals surface area contributed by atoms with E-state index in [1.807, 2.05) is 6.08 Å². The molecule has 0 radical (unpaired) electrons. The highest BCUT2D eigenvalue weighted by molar-refractivity contribution is 6.24. The number of methoxy groups -OCH3 is 2. The van der Waals surface area contributed by atoms with Gasteiger partial charge in [0, 0.05) is 30.2 Å². The van der Waals surface area contributed by atoms with E-state index in [0.717, 1.165) is 15.4 Å². The molecule has 3 fully saturated rings. The number of non-ortho nitro benzene ring substituents is 2. The maximum Gasteiger partial charge on any atom is 0.269 e. The standard InChI is InChI=1S/C36H30N4O11/c1-50-28-15-18(16-29(51-2)32(28)41)3-12-24-23-13-14-25-31(36(45)37(33(25)42)19-4-8-21(9-5-19)39(46)47)26(23)17-27-30(24)35(44)38(34(27)43)20-6-10-22(11-7-20)40(48)49/h3-13,15-16,24-27,30-31,41H,14,17H2,1-2H3/t24-,25-,26+,27+,30-,31-/m0/s1. The van der Waals surface area contributed by atoms with Crippen LogP contribution in [0.15, 0.2) is 78.4 Å². The van der Waals surface area contributed by atoms with Crippen molar-refractivity contribution in [1.29, 1.82) is 0 Å². The molecule has 0 aromatic heterocycles. The van der Waals surface area contributed by atoms with Crippen LogP contribution in [0, 0.1) is 55.7 Å². The average molecular weight is 695 g/mol. The molecular formula is C36H30N4O11. The van der Waals surface area contributed by atoms with Crippen LogP contribution >= 0.6 is 0 Å². The molecule has 15 heteroatoms. The highest BCUT2D eigenvalue weighted by Crippen LogP contribution is 2.56. The molecule has 0 bridgehead atoms. The normalized spacial score (nSPS) is 25.4. The van der Waals surface area contributed by atoms with Crippen molar-refractivity contribution in [3.8, 4) is 17.2 Å². The van der Waals surface area contributed by atoms with Gasteiger partial charge in [-0.15, -0.1) is 0 Å². The SMILES string of the molecule is COc1cc(C=C[C@H]2C3=CC[C@@H]4C(=O)N(c5ccc([N+](=O)[O-])cc5)C(=O)[C@@H]4[C@@H]3C[C@H]3C(=O)N(c4ccc([N+](=O)[O-])cc4)C(=O)[C@@H]23)cc(OC)c1O. The Morgan fingerprint density at radius 1 is 0.725 bits per heavy atom. The molecule has 1 N–H and O–H groups in total. The van der Waals surface area contributed by atoms with Crippen LogP contribution in [0.5, 0.6) is 17.2 Å². The predicted molar refractivity (Wildman–Crippen MR) is 180 cm³/mol. The van der Waals surface area contributed by atoms with Gasteiger partial charge in [0.05, 0.1) is 59.1 Å². The molecule has 4 aliphatic rings. The maximum atomic E-state index is 14.2. The lowest BCUT2D eigenvalue weighted by Gasteiger charge is -2.42. The van der Waals surface area contributed by atoms with Crippen LogP contribution in [0.4, 0.5) is 22.7 Å². The zero-order valence-corrected chi connectivity index (χ0v) is 27.2. The molecule has 7 rings (SSSR count). The number of nitro groups is 2. The summed E-state index contributed by atoms with van der Waals surface area (Å²) in [5.41, 5.74) is 1.24. The number of hydrogen-bond acceptors (Lipinski definition) is 11. The first-order chi connectivity index (χ1) is 24.4. The van der Waals surface area contributed by atoms with E-state index in [9.17, 15) is 44.5 Å². The maximum absolute atomic E-state index is 14.2. The quantitative estimate of drug-likeness (QED) is 0.147. The van der Waals surface area contributed by atoms with E-state index >= 15 is 0 Å². The zero-order chi connectivity index (χ0) is 36.3. The van der Waals surface area contributed by atoms with Gasteiger partial charge in [-0.05, 0) is 60.7 Å². The minimum Gasteiger partial charge on any atom is -0.502 e. The largest absolute Gasteiger partial charge is 0.502 e. The van der Waals surface area contributed by atoms with Gasteiger partial charge in [-0.1, -0.05) is 23.8 Å². The second-order valence-corrected chi connectivity index (χ2v) is 12.8. The molecule has 2 saturated heterocycles. The highest BCUT2D eigenvalue weighted by atomic mass is 16.6. The summed E-state index contributed by atoms with van der Waals surface area (Å²) in [5.74, 6) is -6.54. The summed E-state index contributed by atoms with van der Waals surface area (Å²) >= 11 is 0. The Labute approximate surface area is 289 Å². The van der Waals surface area contributed by atoms with Crippen molar-refractivity contribution in [3.05, 3.63) is 104 Å². The van der Waals surface area contributed by atoms with Gasteiger partial charge in [0.2, 0.25) is 29.4 Å². The van der Waals surface area contributed by atoms with Crippen LogP contribution in [-0.4, -0.2) is 52.8 Å². The van der Waals surface area contributed by atoms with Crippen LogP contribution in [-0.2, 0) is 19.2 Å². The summed E-state index contributed by atoms with van der Waals surface area (Å²) in [6.07, 6.45) is 5.64. The lowest BCUT2D eigenvalue weighted by Crippen LogP contribution is -2.43. The summed E-state index contributed by atoms with van der Waals surface area (Å²) in [4.78, 5) is 79.7. The summed E-state index contributed by atoms with van der Waals surface area (Å²) in [5, 5.41) is 32.9. The number of anilines is 2. The number of carbonyl (C=O) groups excluding carboxylic acids is 4. The highest BCUT2D eigenvalue weighted by Gasteiger charge is 2.61. The van der Waals surface area contributed by atoms with E-state index in [-0.39, 0.29) is 52.8 Å². The third-order valence-electron chi connectivity index (χ3n) is 10.3. The van der Waals surface area contributed by atoms with E-state index in [1.165, 1.54) is 62.8 Å². The monoisotopic (exact) mass is 694 g/mol. The number of nitro benzene ring substituents is 2. The number of nitrogens with zero attached hydrogens (tertiary/aromatic N) is 4. The Bertz CT molecular complexity index is 2050. The second kappa shape index (κ2) is 12.5. The number of phenolic OH excluding ortho intramolecular Hbond substituents is 1. The fourth-order valence-corrected chi connectivity index (χ4v) is 8.03. The molecule has 260 valence electrons. The Kier molecular flexibility index (Phi) is 8.12. The average Bonchev–Trinajstić information content (AvgIpc) is 3.54. The van der Waals surface area contributed by atoms with Gasteiger partial charge in [-0.3, -0.25) is 49.2 Å². The molecule has 3 aromatic rings. The van der Waals surface area contributed by atoms with Gasteiger partial charge in [-0.25, -0.2) is 0 Å². The van der Waals surface area contributed by atoms with Gasteiger partial charge in [0.1, 0.15) is 0 Å². The number of ether oxygens (including phenoxy) is 2. The number of hydrogen-bond donors (Lipinski definition) is 1. The molecule has 4 amide bonds. The van der Waals surface area contributed by atoms with Gasteiger partial charge in [-0.2, -0.15) is 0 Å². The van der Waals surface area contributed by atoms with Gasteiger partial charge in [0.25, 0.3) is 11.4 Å². The van der Waals surface area contributed by atoms with E-state index in [0.29, 0.717) is 5.56 Å². The van der Waals surface area contributed by atoms with E-state index in [2.05, 4.69) is 0 Å². The number of allylic oxidation sites excluding steroid dienone is 3. The molecule has 2 aliphatic heterocycles. The molecule has 2 heterocycles. The molecule has 15 nitrogen and oxygen atoms in total. The topological polar surface area (TPSA) is 200 Å². The molecule has 1 saturated carbocycles. The van der Waals surface area contributed by atoms with Gasteiger partial charge in [0.15, 0.2) is 11.5 Å². The molecule has 51 heavy (non-hydrogen) atoms. The first-order valence-corrected chi connectivity index (χ1v) is 16.0. The summed E-state index contributed by atoms with van der Waals surface area (Å²) in [6, 6.07) is 13.4. The summed E-state index contributed by atoms with van der Waals surface area (Å²) in [7, 11) is 2.77. The number of aromatic hydroxyl groups is 1. The van der Waals surface area contributed by atoms with Crippen molar-refractivity contribution in [3.63, 3.8) is 0 Å². The van der Waals surface area contributed by atoms with Crippen LogP contribution < -0.4 is 19.3 Å². The molecule has 2 aliphatic carbocycles. The number of fused-ring (bicyclic) bond motifs is 4. The first-order valence-electron chi connectivity index (χ1n) is 16.0. The first kappa shape index (κ1) is 33.1. The minimum atomic E-state index is -0.887. The van der Waals surface area contributed by atoms with Crippen molar-refractivity contribution < 1.29 is 43.6 Å². The number of amides is 4. The van der Waals surface area contributed by atoms with Gasteiger partial charge >= 0.3 is 0 Å². The van der Waals surface area contributed by atoms with Crippen molar-refractivity contribution in [1.82, 2.24) is 0 Å². The predicted octanol–water partition coefficient (Wildman–Crippen LogP) is 4.82. The smallest absolute Gasteiger partial charge is 0.269 e. The number of benzene rings is 3. The van der Waals surface area contributed by atoms with Crippen LogP contribution in [0.1, 0.15) is 18.4 Å². The minimum absolute atomic E-state index is 0.101. The Morgan fingerprint density at radius 3 is 1.71 bits per heavy atom. The fraction of sp³-hybridized carbons (Fsp3) is 0.278. The third-order valence-corrected chi connectivity index (χ3v) is 10.3. The lowest BCUT2D eigenvalue weighted by molar-refractivity contribution is -0.385. The fourth-order valence-electron chi connectivity index (χ4n) is 8.03. The molecule has 6 atom stereocenters. The number of rotatable bonds is 8. The van der Waals surface area contributed by atoms with Crippen molar-refractivity contribution >= 4 is 52.5 Å². The number of carbonyl (C=O) groups is 4. The van der Waals surface area contributed by atoms with E-state index in [4.69, 9.17) is 9.47 Å². The Morgan fingerprint density at radius 2 is 1.22 bits per heavy atom. The van der Waals surface area contributed by atoms with E-state index in [1.54, 1.807) is 24.3 Å². The number of phenols is 1. The van der Waals surface area contributed by atoms with Gasteiger partial charge < -0.3 is 14.6 Å². The molecule has 3 aromatic carbocycles. The Hall–Kier alpha value is -6.38. The third kappa shape index (κ3) is 5.28. The lowest BCUT2D eigenvalue weighted by atomic mass is 9.58.